The van der Waals surface area contributed by atoms with Gasteiger partial charge in [0.25, 0.3) is 5.91 Å². The quantitative estimate of drug-likeness (QED) is 0.790. The van der Waals surface area contributed by atoms with Crippen molar-refractivity contribution in [3.05, 3.63) is 17.5 Å². The molecule has 1 amide bonds. The van der Waals surface area contributed by atoms with Crippen molar-refractivity contribution in [3.8, 4) is 0 Å². The normalized spacial score (nSPS) is 12.5. The predicted molar refractivity (Wildman–Crippen MR) is 54.6 cm³/mol. The van der Waals surface area contributed by atoms with Crippen LogP contribution in [-0.2, 0) is 4.74 Å². The fourth-order valence-electron chi connectivity index (χ4n) is 1.17. The molecule has 1 rings (SSSR count). The summed E-state index contributed by atoms with van der Waals surface area (Å²) >= 11 is 0. The zero-order valence-electron chi connectivity index (χ0n) is 9.24. The second kappa shape index (κ2) is 5.50. The lowest BCUT2D eigenvalue weighted by Crippen LogP contribution is -2.30. The molecule has 84 valence electrons. The van der Waals surface area contributed by atoms with Crippen molar-refractivity contribution in [1.29, 1.82) is 0 Å². The van der Waals surface area contributed by atoms with E-state index in [1.807, 2.05) is 6.92 Å². The molecule has 1 N–H and O–H groups in total. The highest BCUT2D eigenvalue weighted by Crippen LogP contribution is 2.01. The third-order valence-corrected chi connectivity index (χ3v) is 1.92. The van der Waals surface area contributed by atoms with Gasteiger partial charge >= 0.3 is 0 Å². The maximum Gasteiger partial charge on any atom is 0.273 e. The number of ether oxygens (including phenoxy) is 1. The van der Waals surface area contributed by atoms with Gasteiger partial charge in [0.15, 0.2) is 5.69 Å². The minimum Gasteiger partial charge on any atom is -0.384 e. The van der Waals surface area contributed by atoms with Crippen molar-refractivity contribution < 1.29 is 14.1 Å². The van der Waals surface area contributed by atoms with Gasteiger partial charge in [0.1, 0.15) is 5.76 Å². The SMILES string of the molecule is COCC(C)CNC(=O)c1cc(C)on1. The van der Waals surface area contributed by atoms with Crippen molar-refractivity contribution in [2.45, 2.75) is 13.8 Å². The molecule has 0 spiro atoms. The number of hydrogen-bond donors (Lipinski definition) is 1. The molecule has 0 saturated heterocycles. The van der Waals surface area contributed by atoms with Gasteiger partial charge in [-0.3, -0.25) is 4.79 Å². The molecule has 0 aliphatic rings. The Bertz CT molecular complexity index is 322. The van der Waals surface area contributed by atoms with E-state index in [1.54, 1.807) is 20.1 Å². The number of carbonyl (C=O) groups excluding carboxylic acids is 1. The first-order valence-corrected chi connectivity index (χ1v) is 4.84. The molecular weight excluding hydrogens is 196 g/mol. The summed E-state index contributed by atoms with van der Waals surface area (Å²) in [5.74, 6) is 0.701. The van der Waals surface area contributed by atoms with E-state index in [0.29, 0.717) is 24.6 Å². The Morgan fingerprint density at radius 3 is 3.00 bits per heavy atom. The number of nitrogens with zero attached hydrogens (tertiary/aromatic N) is 1. The van der Waals surface area contributed by atoms with Crippen LogP contribution in [0.4, 0.5) is 0 Å². The second-order valence-electron chi connectivity index (χ2n) is 3.59. The average molecular weight is 212 g/mol. The highest BCUT2D eigenvalue weighted by Gasteiger charge is 2.11. The number of carbonyl (C=O) groups is 1. The predicted octanol–water partition coefficient (Wildman–Crippen LogP) is 0.995. The Balaban J connectivity index is 2.36. The number of hydrogen-bond acceptors (Lipinski definition) is 4. The molecule has 0 radical (unpaired) electrons. The number of aryl methyl sites for hydroxylation is 1. The molecule has 0 aliphatic heterocycles. The summed E-state index contributed by atoms with van der Waals surface area (Å²) in [7, 11) is 1.64. The molecule has 1 aromatic rings. The van der Waals surface area contributed by atoms with Crippen LogP contribution >= 0.6 is 0 Å². The van der Waals surface area contributed by atoms with Gasteiger partial charge in [-0.1, -0.05) is 12.1 Å². The topological polar surface area (TPSA) is 64.4 Å². The van der Waals surface area contributed by atoms with Gasteiger partial charge in [0.05, 0.1) is 6.61 Å². The van der Waals surface area contributed by atoms with Crippen molar-refractivity contribution in [2.75, 3.05) is 20.3 Å². The first kappa shape index (κ1) is 11.7. The molecule has 15 heavy (non-hydrogen) atoms. The zero-order chi connectivity index (χ0) is 11.3. The van der Waals surface area contributed by atoms with Gasteiger partial charge in [0.2, 0.25) is 0 Å². The third kappa shape index (κ3) is 3.71. The summed E-state index contributed by atoms with van der Waals surface area (Å²) in [4.78, 5) is 11.5. The molecule has 1 heterocycles. The Hall–Kier alpha value is -1.36. The van der Waals surface area contributed by atoms with E-state index < -0.39 is 0 Å². The van der Waals surface area contributed by atoms with Gasteiger partial charge < -0.3 is 14.6 Å². The van der Waals surface area contributed by atoms with Crippen LogP contribution in [0.5, 0.6) is 0 Å². The Kier molecular flexibility index (Phi) is 4.30. The largest absolute Gasteiger partial charge is 0.384 e. The van der Waals surface area contributed by atoms with Crippen LogP contribution in [-0.4, -0.2) is 31.3 Å². The van der Waals surface area contributed by atoms with Crippen LogP contribution in [0.3, 0.4) is 0 Å². The molecule has 5 nitrogen and oxygen atoms in total. The van der Waals surface area contributed by atoms with Crippen LogP contribution < -0.4 is 5.32 Å². The Morgan fingerprint density at radius 1 is 1.73 bits per heavy atom. The number of nitrogens with one attached hydrogen (secondary N) is 1. The van der Waals surface area contributed by atoms with Crippen molar-refractivity contribution >= 4 is 5.91 Å². The second-order valence-corrected chi connectivity index (χ2v) is 3.59. The summed E-state index contributed by atoms with van der Waals surface area (Å²) < 4.78 is 9.76. The van der Waals surface area contributed by atoms with E-state index in [9.17, 15) is 4.79 Å². The van der Waals surface area contributed by atoms with Crippen LogP contribution in [0.15, 0.2) is 10.6 Å². The maximum absolute atomic E-state index is 11.5. The van der Waals surface area contributed by atoms with Crippen molar-refractivity contribution in [1.82, 2.24) is 10.5 Å². The van der Waals surface area contributed by atoms with Crippen LogP contribution in [0.25, 0.3) is 0 Å². The minimum atomic E-state index is -0.213. The molecular formula is C10H16N2O3. The summed E-state index contributed by atoms with van der Waals surface area (Å²) in [5, 5.41) is 6.38. The van der Waals surface area contributed by atoms with Crippen molar-refractivity contribution in [3.63, 3.8) is 0 Å². The van der Waals surface area contributed by atoms with Gasteiger partial charge in [-0.15, -0.1) is 0 Å². The smallest absolute Gasteiger partial charge is 0.273 e. The number of amides is 1. The number of methoxy groups -OCH3 is 1. The van der Waals surface area contributed by atoms with E-state index in [-0.39, 0.29) is 11.8 Å². The summed E-state index contributed by atoms with van der Waals surface area (Å²) in [6.07, 6.45) is 0. The maximum atomic E-state index is 11.5. The van der Waals surface area contributed by atoms with E-state index in [2.05, 4.69) is 10.5 Å². The van der Waals surface area contributed by atoms with E-state index in [1.165, 1.54) is 0 Å². The summed E-state index contributed by atoms with van der Waals surface area (Å²) in [5.41, 5.74) is 0.317. The first-order valence-electron chi connectivity index (χ1n) is 4.84. The molecule has 0 aliphatic carbocycles. The Labute approximate surface area is 88.8 Å². The number of rotatable bonds is 5. The molecule has 0 aromatic carbocycles. The van der Waals surface area contributed by atoms with E-state index >= 15 is 0 Å². The number of aromatic nitrogens is 1. The fraction of sp³-hybridized carbons (Fsp3) is 0.600. The lowest BCUT2D eigenvalue weighted by atomic mass is 10.2. The first-order chi connectivity index (χ1) is 7.13. The highest BCUT2D eigenvalue weighted by atomic mass is 16.5. The average Bonchev–Trinajstić information content (AvgIpc) is 2.62. The van der Waals surface area contributed by atoms with E-state index in [0.717, 1.165) is 0 Å². The van der Waals surface area contributed by atoms with Crippen molar-refractivity contribution in [2.24, 2.45) is 5.92 Å². The molecule has 5 heteroatoms. The molecule has 1 atom stereocenters. The standard InChI is InChI=1S/C10H16N2O3/c1-7(6-14-3)5-11-10(13)9-4-8(2)15-12-9/h4,7H,5-6H2,1-3H3,(H,11,13). The van der Waals surface area contributed by atoms with Gasteiger partial charge in [-0.2, -0.15) is 0 Å². The Morgan fingerprint density at radius 2 is 2.47 bits per heavy atom. The summed E-state index contributed by atoms with van der Waals surface area (Å²) in [6.45, 7) is 4.94. The zero-order valence-corrected chi connectivity index (χ0v) is 9.24. The molecule has 0 saturated carbocycles. The van der Waals surface area contributed by atoms with Crippen LogP contribution in [0.2, 0.25) is 0 Å². The van der Waals surface area contributed by atoms with Crippen LogP contribution in [0, 0.1) is 12.8 Å². The van der Waals surface area contributed by atoms with Gasteiger partial charge in [0, 0.05) is 19.7 Å². The monoisotopic (exact) mass is 212 g/mol. The van der Waals surface area contributed by atoms with Gasteiger partial charge in [-0.25, -0.2) is 0 Å². The third-order valence-electron chi connectivity index (χ3n) is 1.92. The lowest BCUT2D eigenvalue weighted by molar-refractivity contribution is 0.0925. The van der Waals surface area contributed by atoms with E-state index in [4.69, 9.17) is 9.26 Å². The van der Waals surface area contributed by atoms with Crippen LogP contribution in [0.1, 0.15) is 23.2 Å². The fourth-order valence-corrected chi connectivity index (χ4v) is 1.17. The molecule has 0 fully saturated rings. The molecule has 0 bridgehead atoms. The summed E-state index contributed by atoms with van der Waals surface area (Å²) in [6, 6.07) is 1.61. The minimum absolute atomic E-state index is 0.213. The molecule has 1 aromatic heterocycles. The van der Waals surface area contributed by atoms with Gasteiger partial charge in [-0.05, 0) is 12.8 Å². The highest BCUT2D eigenvalue weighted by molar-refractivity contribution is 5.92. The lowest BCUT2D eigenvalue weighted by Gasteiger charge is -2.09. The molecule has 1 unspecified atom stereocenters.